The van der Waals surface area contributed by atoms with Gasteiger partial charge in [-0.15, -0.1) is 0 Å². The van der Waals surface area contributed by atoms with E-state index < -0.39 is 4.92 Å². The van der Waals surface area contributed by atoms with Gasteiger partial charge in [0.25, 0.3) is 5.69 Å². The van der Waals surface area contributed by atoms with Crippen molar-refractivity contribution < 1.29 is 19.2 Å². The summed E-state index contributed by atoms with van der Waals surface area (Å²) < 4.78 is 7.50. The van der Waals surface area contributed by atoms with Gasteiger partial charge in [0.2, 0.25) is 11.8 Å². The lowest BCUT2D eigenvalue weighted by molar-refractivity contribution is -0.384. The zero-order valence-electron chi connectivity index (χ0n) is 25.2. The molecule has 0 radical (unpaired) electrons. The number of amides is 2. The first-order valence-electron chi connectivity index (χ1n) is 14.4. The minimum atomic E-state index is -0.462. The Morgan fingerprint density at radius 3 is 2.45 bits per heavy atom. The molecule has 9 nitrogen and oxygen atoms in total. The van der Waals surface area contributed by atoms with Gasteiger partial charge < -0.3 is 19.1 Å². The van der Waals surface area contributed by atoms with Crippen LogP contribution in [0.5, 0.6) is 5.75 Å². The van der Waals surface area contributed by atoms with E-state index in [1.54, 1.807) is 30.2 Å². The maximum absolute atomic E-state index is 13.8. The number of hydrogen-bond acceptors (Lipinski definition) is 5. The number of methoxy groups -OCH3 is 1. The number of rotatable bonds is 15. The van der Waals surface area contributed by atoms with Crippen LogP contribution >= 0.6 is 0 Å². The van der Waals surface area contributed by atoms with E-state index in [4.69, 9.17) is 4.74 Å². The van der Waals surface area contributed by atoms with E-state index in [-0.39, 0.29) is 30.1 Å². The number of nitrogens with zero attached hydrogens (tertiary/aromatic N) is 4. The molecule has 0 aliphatic carbocycles. The van der Waals surface area contributed by atoms with Gasteiger partial charge >= 0.3 is 0 Å². The van der Waals surface area contributed by atoms with Crippen LogP contribution in [0.2, 0.25) is 0 Å². The molecule has 0 aliphatic rings. The molecule has 1 atom stereocenters. The van der Waals surface area contributed by atoms with Crippen LogP contribution in [-0.4, -0.2) is 57.3 Å². The second kappa shape index (κ2) is 15.6. The highest BCUT2D eigenvalue weighted by atomic mass is 16.6. The van der Waals surface area contributed by atoms with Gasteiger partial charge in [-0.2, -0.15) is 0 Å². The third-order valence-electron chi connectivity index (χ3n) is 7.32. The number of aromatic nitrogens is 1. The highest BCUT2D eigenvalue weighted by molar-refractivity contribution is 5.94. The third-order valence-corrected chi connectivity index (χ3v) is 7.32. The monoisotopic (exact) mass is 574 g/mol. The average Bonchev–Trinajstić information content (AvgIpc) is 3.42. The second-order valence-electron chi connectivity index (χ2n) is 10.9. The van der Waals surface area contributed by atoms with Crippen molar-refractivity contribution in [2.75, 3.05) is 20.2 Å². The maximum Gasteiger partial charge on any atom is 0.269 e. The van der Waals surface area contributed by atoms with Crippen molar-refractivity contribution >= 4 is 23.6 Å². The lowest BCUT2D eigenvalue weighted by Crippen LogP contribution is -2.46. The van der Waals surface area contributed by atoms with Gasteiger partial charge in [0, 0.05) is 49.2 Å². The Kier molecular flexibility index (Phi) is 11.9. The molecule has 0 spiro atoms. The van der Waals surface area contributed by atoms with E-state index >= 15 is 0 Å². The minimum Gasteiger partial charge on any atom is -0.497 e. The summed E-state index contributed by atoms with van der Waals surface area (Å²) in [4.78, 5) is 41.0. The van der Waals surface area contributed by atoms with Crippen molar-refractivity contribution in [1.82, 2.24) is 14.4 Å². The molecule has 2 aromatic carbocycles. The zero-order valence-corrected chi connectivity index (χ0v) is 25.2. The highest BCUT2D eigenvalue weighted by Gasteiger charge is 2.24. The van der Waals surface area contributed by atoms with E-state index in [9.17, 15) is 19.7 Å². The minimum absolute atomic E-state index is 0.0117. The molecule has 42 heavy (non-hydrogen) atoms. The van der Waals surface area contributed by atoms with E-state index in [2.05, 4.69) is 25.3 Å². The standard InChI is InChI=1S/C33H42N4O5/c1-6-26(4)36(23-30-10-8-19-34(30)22-28-9-7-11-31(21-28)42-5)33(39)24-35(20-18-25(2)3)32(38)17-14-27-12-15-29(16-13-27)37(40)41/h7-17,19,21,25-26H,6,18,20,22-24H2,1-5H3. The fraction of sp³-hybridized carbons (Fsp3) is 0.394. The van der Waals surface area contributed by atoms with Crippen LogP contribution in [0.4, 0.5) is 5.69 Å². The van der Waals surface area contributed by atoms with Crippen LogP contribution in [-0.2, 0) is 22.7 Å². The Balaban J connectivity index is 1.76. The van der Waals surface area contributed by atoms with Gasteiger partial charge in [-0.3, -0.25) is 19.7 Å². The van der Waals surface area contributed by atoms with Gasteiger partial charge in [0.15, 0.2) is 0 Å². The lowest BCUT2D eigenvalue weighted by Gasteiger charge is -2.32. The molecule has 3 rings (SSSR count). The second-order valence-corrected chi connectivity index (χ2v) is 10.9. The number of carbonyl (C=O) groups excluding carboxylic acids is 2. The summed E-state index contributed by atoms with van der Waals surface area (Å²) >= 11 is 0. The highest BCUT2D eigenvalue weighted by Crippen LogP contribution is 2.18. The molecule has 224 valence electrons. The molecule has 0 saturated carbocycles. The summed E-state index contributed by atoms with van der Waals surface area (Å²) in [5.74, 6) is 0.776. The van der Waals surface area contributed by atoms with Crippen molar-refractivity contribution in [2.24, 2.45) is 5.92 Å². The topological polar surface area (TPSA) is 97.9 Å². The molecule has 0 bridgehead atoms. The molecule has 0 fully saturated rings. The zero-order chi connectivity index (χ0) is 30.6. The molecular weight excluding hydrogens is 532 g/mol. The Bertz CT molecular complexity index is 1360. The van der Waals surface area contributed by atoms with Gasteiger partial charge in [0.05, 0.1) is 18.6 Å². The van der Waals surface area contributed by atoms with Crippen LogP contribution in [0.25, 0.3) is 6.08 Å². The Hall–Kier alpha value is -4.40. The number of non-ortho nitro benzene ring substituents is 1. The number of carbonyl (C=O) groups is 2. The van der Waals surface area contributed by atoms with Gasteiger partial charge in [-0.25, -0.2) is 0 Å². The van der Waals surface area contributed by atoms with Crippen LogP contribution in [0.1, 0.15) is 57.4 Å². The number of nitro groups is 1. The lowest BCUT2D eigenvalue weighted by atomic mass is 10.1. The van der Waals surface area contributed by atoms with Crippen molar-refractivity contribution in [3.05, 3.63) is 99.9 Å². The Morgan fingerprint density at radius 1 is 1.07 bits per heavy atom. The normalized spacial score (nSPS) is 12.0. The van der Waals surface area contributed by atoms with Crippen molar-refractivity contribution in [3.63, 3.8) is 0 Å². The summed E-state index contributed by atoms with van der Waals surface area (Å²) in [6.45, 7) is 9.74. The Morgan fingerprint density at radius 2 is 1.81 bits per heavy atom. The van der Waals surface area contributed by atoms with Crippen LogP contribution in [0.3, 0.4) is 0 Å². The fourth-order valence-corrected chi connectivity index (χ4v) is 4.51. The molecule has 0 saturated heterocycles. The number of ether oxygens (including phenoxy) is 1. The summed E-state index contributed by atoms with van der Waals surface area (Å²) in [5, 5.41) is 10.9. The molecule has 1 heterocycles. The third kappa shape index (κ3) is 9.33. The molecule has 3 aromatic rings. The summed E-state index contributed by atoms with van der Waals surface area (Å²) in [6.07, 6.45) is 6.60. The van der Waals surface area contributed by atoms with Crippen LogP contribution < -0.4 is 4.74 Å². The molecule has 0 aliphatic heterocycles. The van der Waals surface area contributed by atoms with E-state index in [0.29, 0.717) is 31.1 Å². The van der Waals surface area contributed by atoms with Crippen molar-refractivity contribution in [2.45, 2.75) is 59.7 Å². The average molecular weight is 575 g/mol. The predicted molar refractivity (Wildman–Crippen MR) is 165 cm³/mol. The summed E-state index contributed by atoms with van der Waals surface area (Å²) in [5.41, 5.74) is 2.76. The largest absolute Gasteiger partial charge is 0.497 e. The van der Waals surface area contributed by atoms with Crippen LogP contribution in [0, 0.1) is 16.0 Å². The fourth-order valence-electron chi connectivity index (χ4n) is 4.51. The number of nitro benzene ring substituents is 1. The molecule has 1 unspecified atom stereocenters. The Labute approximate surface area is 248 Å². The van der Waals surface area contributed by atoms with Gasteiger partial charge in [0.1, 0.15) is 12.3 Å². The van der Waals surface area contributed by atoms with Crippen molar-refractivity contribution in [1.29, 1.82) is 0 Å². The predicted octanol–water partition coefficient (Wildman–Crippen LogP) is 6.17. The molecule has 1 aromatic heterocycles. The maximum atomic E-state index is 13.8. The van der Waals surface area contributed by atoms with Crippen molar-refractivity contribution in [3.8, 4) is 5.75 Å². The quantitative estimate of drug-likeness (QED) is 0.123. The first kappa shape index (κ1) is 32.1. The van der Waals surface area contributed by atoms with E-state index in [0.717, 1.165) is 29.8 Å². The smallest absolute Gasteiger partial charge is 0.269 e. The van der Waals surface area contributed by atoms with Gasteiger partial charge in [-0.1, -0.05) is 32.9 Å². The van der Waals surface area contributed by atoms with E-state index in [1.165, 1.54) is 18.2 Å². The SMILES string of the molecule is CCC(C)N(Cc1cccn1Cc1cccc(OC)c1)C(=O)CN(CCC(C)C)C(=O)C=Cc1ccc([N+](=O)[O-])cc1. The van der Waals surface area contributed by atoms with Gasteiger partial charge in [-0.05, 0) is 79.3 Å². The number of benzene rings is 2. The summed E-state index contributed by atoms with van der Waals surface area (Å²) in [6, 6.07) is 17.9. The number of hydrogen-bond donors (Lipinski definition) is 0. The summed E-state index contributed by atoms with van der Waals surface area (Å²) in [7, 11) is 1.65. The van der Waals surface area contributed by atoms with E-state index in [1.807, 2.05) is 54.4 Å². The van der Waals surface area contributed by atoms with Crippen LogP contribution in [0.15, 0.2) is 72.9 Å². The molecule has 9 heteroatoms. The molecular formula is C33H42N4O5. The molecule has 0 N–H and O–H groups in total. The first-order valence-corrected chi connectivity index (χ1v) is 14.4. The first-order chi connectivity index (χ1) is 20.1. The molecule has 2 amide bonds.